The fourth-order valence-corrected chi connectivity index (χ4v) is 2.27. The highest BCUT2D eigenvalue weighted by Crippen LogP contribution is 2.16. The van der Waals surface area contributed by atoms with Gasteiger partial charge in [-0.1, -0.05) is 0 Å². The molecule has 128 valence electrons. The molecule has 0 radical (unpaired) electrons. The summed E-state index contributed by atoms with van der Waals surface area (Å²) in [5.74, 6) is -0.278. The van der Waals surface area contributed by atoms with Crippen molar-refractivity contribution in [2.45, 2.75) is 26.4 Å². The van der Waals surface area contributed by atoms with Crippen molar-refractivity contribution >= 4 is 11.6 Å². The molecule has 1 heterocycles. The number of rotatable bonds is 6. The van der Waals surface area contributed by atoms with Crippen LogP contribution in [-0.4, -0.2) is 49.3 Å². The van der Waals surface area contributed by atoms with Crippen molar-refractivity contribution in [3.8, 4) is 5.69 Å². The summed E-state index contributed by atoms with van der Waals surface area (Å²) in [6.07, 6.45) is 1.62. The first-order chi connectivity index (χ1) is 11.2. The molecule has 0 aliphatic heterocycles. The summed E-state index contributed by atoms with van der Waals surface area (Å²) in [5, 5.41) is 24.8. The number of hydrogen-bond donors (Lipinski definition) is 1. The minimum atomic E-state index is -0.993. The van der Waals surface area contributed by atoms with Gasteiger partial charge in [0.25, 0.3) is 11.6 Å². The van der Waals surface area contributed by atoms with Crippen molar-refractivity contribution in [2.24, 2.45) is 0 Å². The Bertz CT molecular complexity index is 731. The zero-order chi connectivity index (χ0) is 17.9. The van der Waals surface area contributed by atoms with Crippen molar-refractivity contribution in [3.63, 3.8) is 0 Å². The lowest BCUT2D eigenvalue weighted by molar-refractivity contribution is -0.384. The molecule has 0 spiro atoms. The lowest BCUT2D eigenvalue weighted by atomic mass is 10.1. The molecule has 0 bridgehead atoms. The van der Waals surface area contributed by atoms with Crippen molar-refractivity contribution in [3.05, 3.63) is 52.3 Å². The fraction of sp³-hybridized carbons (Fsp3) is 0.375. The molecule has 0 unspecified atom stereocenters. The molecule has 0 atom stereocenters. The highest BCUT2D eigenvalue weighted by molar-refractivity contribution is 5.92. The summed E-state index contributed by atoms with van der Waals surface area (Å²) < 4.78 is 1.48. The Morgan fingerprint density at radius 2 is 1.96 bits per heavy atom. The molecule has 0 saturated heterocycles. The van der Waals surface area contributed by atoms with Gasteiger partial charge in [0.1, 0.15) is 0 Å². The van der Waals surface area contributed by atoms with Crippen molar-refractivity contribution in [1.29, 1.82) is 0 Å². The monoisotopic (exact) mass is 332 g/mol. The molecule has 1 aromatic heterocycles. The molecule has 2 aromatic rings. The van der Waals surface area contributed by atoms with E-state index >= 15 is 0 Å². The van der Waals surface area contributed by atoms with Crippen LogP contribution in [0.5, 0.6) is 0 Å². The molecule has 0 aliphatic rings. The van der Waals surface area contributed by atoms with Gasteiger partial charge in [0, 0.05) is 31.4 Å². The Kier molecular flexibility index (Phi) is 4.99. The molecule has 8 heteroatoms. The van der Waals surface area contributed by atoms with Crippen LogP contribution in [0.3, 0.4) is 0 Å². The number of hydrogen-bond acceptors (Lipinski definition) is 5. The second kappa shape index (κ2) is 6.79. The number of carbonyl (C=O) groups is 1. The smallest absolute Gasteiger partial charge is 0.274 e. The SMILES string of the molecule is CCN(CC(C)(C)O)C(=O)c1ccn(-c2ccc([N+](=O)[O-])cc2)n1. The maximum Gasteiger partial charge on any atom is 0.274 e. The van der Waals surface area contributed by atoms with Crippen LogP contribution in [0, 0.1) is 10.1 Å². The van der Waals surface area contributed by atoms with Gasteiger partial charge >= 0.3 is 0 Å². The normalized spacial score (nSPS) is 11.3. The average Bonchev–Trinajstić information content (AvgIpc) is 3.01. The minimum Gasteiger partial charge on any atom is -0.389 e. The van der Waals surface area contributed by atoms with E-state index in [1.165, 1.54) is 21.7 Å². The van der Waals surface area contributed by atoms with Gasteiger partial charge in [-0.3, -0.25) is 14.9 Å². The molecular formula is C16H20N4O4. The molecule has 1 N–H and O–H groups in total. The van der Waals surface area contributed by atoms with E-state index in [1.807, 2.05) is 6.92 Å². The number of likely N-dealkylation sites (N-methyl/N-ethyl adjacent to an activating group) is 1. The molecule has 2 rings (SSSR count). The van der Waals surface area contributed by atoms with E-state index in [1.54, 1.807) is 38.2 Å². The topological polar surface area (TPSA) is 102 Å². The quantitative estimate of drug-likeness (QED) is 0.644. The Morgan fingerprint density at radius 1 is 1.33 bits per heavy atom. The number of nitro groups is 1. The number of aromatic nitrogens is 2. The van der Waals surface area contributed by atoms with Crippen molar-refractivity contribution < 1.29 is 14.8 Å². The van der Waals surface area contributed by atoms with E-state index in [-0.39, 0.29) is 23.8 Å². The van der Waals surface area contributed by atoms with Crippen LogP contribution in [0.25, 0.3) is 5.69 Å². The van der Waals surface area contributed by atoms with Gasteiger partial charge in [0.05, 0.1) is 16.2 Å². The van der Waals surface area contributed by atoms with Crippen LogP contribution in [-0.2, 0) is 0 Å². The Labute approximate surface area is 139 Å². The van der Waals surface area contributed by atoms with Crippen LogP contribution < -0.4 is 0 Å². The van der Waals surface area contributed by atoms with E-state index in [4.69, 9.17) is 0 Å². The summed E-state index contributed by atoms with van der Waals surface area (Å²) in [7, 11) is 0. The number of non-ortho nitro benzene ring substituents is 1. The molecule has 24 heavy (non-hydrogen) atoms. The number of nitro benzene ring substituents is 1. The van der Waals surface area contributed by atoms with Crippen LogP contribution in [0.2, 0.25) is 0 Å². The summed E-state index contributed by atoms with van der Waals surface area (Å²) in [4.78, 5) is 24.2. The second-order valence-corrected chi connectivity index (χ2v) is 6.05. The molecule has 1 aromatic carbocycles. The van der Waals surface area contributed by atoms with Crippen LogP contribution in [0.1, 0.15) is 31.3 Å². The first-order valence-electron chi connectivity index (χ1n) is 7.53. The summed E-state index contributed by atoms with van der Waals surface area (Å²) in [6, 6.07) is 7.47. The van der Waals surface area contributed by atoms with E-state index in [0.717, 1.165) is 0 Å². The number of amides is 1. The molecule has 0 saturated carbocycles. The Hall–Kier alpha value is -2.74. The van der Waals surface area contributed by atoms with Gasteiger partial charge in [-0.05, 0) is 39.0 Å². The standard InChI is InChI=1S/C16H20N4O4/c1-4-18(11-16(2,3)22)15(21)14-9-10-19(17-14)12-5-7-13(8-6-12)20(23)24/h5-10,22H,4,11H2,1-3H3. The third-order valence-electron chi connectivity index (χ3n) is 3.38. The van der Waals surface area contributed by atoms with E-state index in [2.05, 4.69) is 5.10 Å². The highest BCUT2D eigenvalue weighted by Gasteiger charge is 2.23. The lowest BCUT2D eigenvalue weighted by Gasteiger charge is -2.27. The predicted molar refractivity (Wildman–Crippen MR) is 88.1 cm³/mol. The number of carbonyl (C=O) groups excluding carboxylic acids is 1. The van der Waals surface area contributed by atoms with Crippen molar-refractivity contribution in [2.75, 3.05) is 13.1 Å². The largest absolute Gasteiger partial charge is 0.389 e. The third kappa shape index (κ3) is 4.17. The minimum absolute atomic E-state index is 0.00968. The van der Waals surface area contributed by atoms with Gasteiger partial charge in [0.2, 0.25) is 0 Å². The van der Waals surface area contributed by atoms with Crippen molar-refractivity contribution in [1.82, 2.24) is 14.7 Å². The summed E-state index contributed by atoms with van der Waals surface area (Å²) in [5.41, 5.74) is -0.138. The molecule has 0 aliphatic carbocycles. The Balaban J connectivity index is 2.20. The van der Waals surface area contributed by atoms with Crippen LogP contribution >= 0.6 is 0 Å². The summed E-state index contributed by atoms with van der Waals surface area (Å²) >= 11 is 0. The van der Waals surface area contributed by atoms with Crippen LogP contribution in [0.15, 0.2) is 36.5 Å². The fourth-order valence-electron chi connectivity index (χ4n) is 2.27. The van der Waals surface area contributed by atoms with E-state index < -0.39 is 10.5 Å². The zero-order valence-corrected chi connectivity index (χ0v) is 13.8. The van der Waals surface area contributed by atoms with Gasteiger partial charge in [-0.25, -0.2) is 4.68 Å². The lowest BCUT2D eigenvalue weighted by Crippen LogP contribution is -2.42. The van der Waals surface area contributed by atoms with Gasteiger partial charge < -0.3 is 10.0 Å². The molecular weight excluding hydrogens is 312 g/mol. The molecule has 8 nitrogen and oxygen atoms in total. The maximum atomic E-state index is 12.5. The third-order valence-corrected chi connectivity index (χ3v) is 3.38. The predicted octanol–water partition coefficient (Wildman–Crippen LogP) is 2.01. The molecule has 0 fully saturated rings. The van der Waals surface area contributed by atoms with E-state index in [9.17, 15) is 20.0 Å². The first-order valence-corrected chi connectivity index (χ1v) is 7.53. The number of benzene rings is 1. The molecule has 1 amide bonds. The van der Waals surface area contributed by atoms with Gasteiger partial charge in [-0.15, -0.1) is 0 Å². The zero-order valence-electron chi connectivity index (χ0n) is 13.8. The highest BCUT2D eigenvalue weighted by atomic mass is 16.6. The number of nitrogens with zero attached hydrogens (tertiary/aromatic N) is 4. The van der Waals surface area contributed by atoms with Gasteiger partial charge in [0.15, 0.2) is 5.69 Å². The van der Waals surface area contributed by atoms with E-state index in [0.29, 0.717) is 12.2 Å². The second-order valence-electron chi connectivity index (χ2n) is 6.05. The van der Waals surface area contributed by atoms with Gasteiger partial charge in [-0.2, -0.15) is 5.10 Å². The average molecular weight is 332 g/mol. The Morgan fingerprint density at radius 3 is 2.46 bits per heavy atom. The van der Waals surface area contributed by atoms with Crippen LogP contribution in [0.4, 0.5) is 5.69 Å². The summed E-state index contributed by atoms with van der Waals surface area (Å²) in [6.45, 7) is 5.76. The maximum absolute atomic E-state index is 12.5. The first kappa shape index (κ1) is 17.6. The number of aliphatic hydroxyl groups is 1.